The lowest BCUT2D eigenvalue weighted by Crippen LogP contribution is -2.49. The molecule has 1 saturated carbocycles. The molecule has 0 amide bonds. The summed E-state index contributed by atoms with van der Waals surface area (Å²) < 4.78 is 1.09. The van der Waals surface area contributed by atoms with Crippen LogP contribution in [0.15, 0.2) is 22.7 Å². The summed E-state index contributed by atoms with van der Waals surface area (Å²) in [6.45, 7) is 2.69. The number of rotatable bonds is 2. The Morgan fingerprint density at radius 1 is 1.47 bits per heavy atom. The molecule has 0 atom stereocenters. The molecule has 1 aromatic rings. The largest absolute Gasteiger partial charge is 0.393 e. The average Bonchev–Trinajstić information content (AvgIpc) is 2.10. The minimum Gasteiger partial charge on any atom is -0.393 e. The van der Waals surface area contributed by atoms with Crippen LogP contribution >= 0.6 is 15.9 Å². The van der Waals surface area contributed by atoms with E-state index < -0.39 is 0 Å². The maximum Gasteiger partial charge on any atom is 0.0558 e. The van der Waals surface area contributed by atoms with Crippen molar-refractivity contribution in [1.29, 1.82) is 0 Å². The molecular formula is C12H16BrNO. The Hall–Kier alpha value is -0.380. The second-order valence-corrected chi connectivity index (χ2v) is 5.48. The van der Waals surface area contributed by atoms with Crippen molar-refractivity contribution in [3.63, 3.8) is 0 Å². The van der Waals surface area contributed by atoms with Crippen LogP contribution in [-0.4, -0.2) is 17.8 Å². The van der Waals surface area contributed by atoms with Gasteiger partial charge in [-0.25, -0.2) is 0 Å². The Labute approximate surface area is 98.6 Å². The fourth-order valence-electron chi connectivity index (χ4n) is 2.41. The first kappa shape index (κ1) is 11.1. The van der Waals surface area contributed by atoms with Crippen molar-refractivity contribution < 1.29 is 5.11 Å². The number of halogens is 1. The van der Waals surface area contributed by atoms with Gasteiger partial charge in [-0.05, 0) is 43.0 Å². The molecule has 0 heterocycles. The van der Waals surface area contributed by atoms with Gasteiger partial charge in [0.1, 0.15) is 0 Å². The van der Waals surface area contributed by atoms with Crippen molar-refractivity contribution in [3.05, 3.63) is 33.8 Å². The van der Waals surface area contributed by atoms with Gasteiger partial charge in [0, 0.05) is 16.4 Å². The van der Waals surface area contributed by atoms with E-state index in [4.69, 9.17) is 5.73 Å². The van der Waals surface area contributed by atoms with E-state index in [2.05, 4.69) is 41.1 Å². The standard InChI is InChI=1S/C12H16BrNO/c1-8-2-9(4-10(13)3-8)12(7-14)5-11(15)6-12/h2-4,11,15H,5-7,14H2,1H3. The van der Waals surface area contributed by atoms with Crippen LogP contribution in [0.1, 0.15) is 24.0 Å². The van der Waals surface area contributed by atoms with Gasteiger partial charge >= 0.3 is 0 Å². The maximum absolute atomic E-state index is 9.45. The highest BCUT2D eigenvalue weighted by atomic mass is 79.9. The molecule has 15 heavy (non-hydrogen) atoms. The summed E-state index contributed by atoms with van der Waals surface area (Å²) in [5, 5.41) is 9.45. The first-order valence-corrected chi connectivity index (χ1v) is 6.01. The highest BCUT2D eigenvalue weighted by Gasteiger charge is 2.43. The van der Waals surface area contributed by atoms with E-state index in [0.717, 1.165) is 17.3 Å². The molecule has 3 N–H and O–H groups in total. The summed E-state index contributed by atoms with van der Waals surface area (Å²) in [5.41, 5.74) is 8.33. The van der Waals surface area contributed by atoms with Gasteiger partial charge in [-0.3, -0.25) is 0 Å². The molecule has 0 unspecified atom stereocenters. The third kappa shape index (κ3) is 1.96. The minimum absolute atomic E-state index is 0.00789. The molecule has 82 valence electrons. The number of aliphatic hydroxyl groups excluding tert-OH is 1. The van der Waals surface area contributed by atoms with Crippen molar-refractivity contribution in [1.82, 2.24) is 0 Å². The molecule has 0 saturated heterocycles. The van der Waals surface area contributed by atoms with Gasteiger partial charge < -0.3 is 10.8 Å². The van der Waals surface area contributed by atoms with Gasteiger partial charge in [0.2, 0.25) is 0 Å². The summed E-state index contributed by atoms with van der Waals surface area (Å²) in [4.78, 5) is 0. The summed E-state index contributed by atoms with van der Waals surface area (Å²) in [6.07, 6.45) is 1.41. The summed E-state index contributed by atoms with van der Waals surface area (Å²) in [6, 6.07) is 6.37. The van der Waals surface area contributed by atoms with E-state index in [0.29, 0.717) is 6.54 Å². The van der Waals surface area contributed by atoms with Gasteiger partial charge in [-0.2, -0.15) is 0 Å². The van der Waals surface area contributed by atoms with Crippen molar-refractivity contribution in [2.45, 2.75) is 31.3 Å². The van der Waals surface area contributed by atoms with Crippen molar-refractivity contribution in [3.8, 4) is 0 Å². The molecule has 0 radical (unpaired) electrons. The topological polar surface area (TPSA) is 46.2 Å². The number of hydrogen-bond donors (Lipinski definition) is 2. The smallest absolute Gasteiger partial charge is 0.0558 e. The van der Waals surface area contributed by atoms with Crippen molar-refractivity contribution in [2.75, 3.05) is 6.54 Å². The van der Waals surface area contributed by atoms with Crippen LogP contribution in [0.4, 0.5) is 0 Å². The second kappa shape index (κ2) is 3.89. The van der Waals surface area contributed by atoms with Crippen molar-refractivity contribution in [2.24, 2.45) is 5.73 Å². The zero-order valence-corrected chi connectivity index (χ0v) is 10.4. The Morgan fingerprint density at radius 3 is 2.60 bits per heavy atom. The fraction of sp³-hybridized carbons (Fsp3) is 0.500. The molecule has 1 aliphatic rings. The molecule has 0 aromatic heterocycles. The van der Waals surface area contributed by atoms with Gasteiger partial charge in [-0.15, -0.1) is 0 Å². The van der Waals surface area contributed by atoms with E-state index in [1.165, 1.54) is 11.1 Å². The quantitative estimate of drug-likeness (QED) is 0.864. The Balaban J connectivity index is 2.35. The van der Waals surface area contributed by atoms with Crippen LogP contribution in [0.25, 0.3) is 0 Å². The Kier molecular flexibility index (Phi) is 2.88. The lowest BCUT2D eigenvalue weighted by molar-refractivity contribution is 0.0221. The van der Waals surface area contributed by atoms with Crippen molar-refractivity contribution >= 4 is 15.9 Å². The predicted octanol–water partition coefficient (Wildman–Crippen LogP) is 2.11. The average molecular weight is 270 g/mol. The predicted molar refractivity (Wildman–Crippen MR) is 64.9 cm³/mol. The third-order valence-corrected chi connectivity index (χ3v) is 3.76. The second-order valence-electron chi connectivity index (χ2n) is 4.56. The molecular weight excluding hydrogens is 254 g/mol. The number of hydrogen-bond acceptors (Lipinski definition) is 2. The molecule has 1 fully saturated rings. The van der Waals surface area contributed by atoms with Crippen LogP contribution in [0.2, 0.25) is 0 Å². The lowest BCUT2D eigenvalue weighted by Gasteiger charge is -2.45. The van der Waals surface area contributed by atoms with Crippen LogP contribution in [-0.2, 0) is 5.41 Å². The third-order valence-electron chi connectivity index (χ3n) is 3.30. The number of benzene rings is 1. The normalized spacial score (nSPS) is 30.0. The monoisotopic (exact) mass is 269 g/mol. The minimum atomic E-state index is -0.173. The van der Waals surface area contributed by atoms with Gasteiger partial charge in [0.15, 0.2) is 0 Å². The summed E-state index contributed by atoms with van der Waals surface area (Å²) in [7, 11) is 0. The van der Waals surface area contributed by atoms with Gasteiger partial charge in [0.05, 0.1) is 6.10 Å². The zero-order chi connectivity index (χ0) is 11.1. The maximum atomic E-state index is 9.45. The SMILES string of the molecule is Cc1cc(Br)cc(C2(CN)CC(O)C2)c1. The van der Waals surface area contributed by atoms with E-state index >= 15 is 0 Å². The van der Waals surface area contributed by atoms with Crippen LogP contribution in [0, 0.1) is 6.92 Å². The lowest BCUT2D eigenvalue weighted by atomic mass is 9.62. The van der Waals surface area contributed by atoms with E-state index in [1.54, 1.807) is 0 Å². The molecule has 1 aromatic carbocycles. The first-order chi connectivity index (χ1) is 7.05. The highest BCUT2D eigenvalue weighted by Crippen LogP contribution is 2.43. The van der Waals surface area contributed by atoms with Crippen LogP contribution in [0.3, 0.4) is 0 Å². The fourth-order valence-corrected chi connectivity index (χ4v) is 3.01. The molecule has 0 bridgehead atoms. The molecule has 2 nitrogen and oxygen atoms in total. The number of aliphatic hydroxyl groups is 1. The number of nitrogens with two attached hydrogens (primary N) is 1. The summed E-state index contributed by atoms with van der Waals surface area (Å²) in [5.74, 6) is 0. The molecule has 1 aliphatic carbocycles. The molecule has 0 spiro atoms. The zero-order valence-electron chi connectivity index (χ0n) is 8.83. The first-order valence-electron chi connectivity index (χ1n) is 5.21. The van der Waals surface area contributed by atoms with E-state index in [9.17, 15) is 5.11 Å². The summed E-state index contributed by atoms with van der Waals surface area (Å²) >= 11 is 3.50. The molecule has 0 aliphatic heterocycles. The van der Waals surface area contributed by atoms with Gasteiger partial charge in [-0.1, -0.05) is 22.0 Å². The molecule has 3 heteroatoms. The Bertz CT molecular complexity index is 352. The van der Waals surface area contributed by atoms with Gasteiger partial charge in [0.25, 0.3) is 0 Å². The molecule has 2 rings (SSSR count). The number of aryl methyl sites for hydroxylation is 1. The van der Waals surface area contributed by atoms with Crippen LogP contribution in [0.5, 0.6) is 0 Å². The van der Waals surface area contributed by atoms with Crippen LogP contribution < -0.4 is 5.73 Å². The van der Waals surface area contributed by atoms with E-state index in [-0.39, 0.29) is 11.5 Å². The Morgan fingerprint density at radius 2 is 2.13 bits per heavy atom. The highest BCUT2D eigenvalue weighted by molar-refractivity contribution is 9.10. The van der Waals surface area contributed by atoms with E-state index in [1.807, 2.05) is 0 Å².